The van der Waals surface area contributed by atoms with Gasteiger partial charge in [-0.25, -0.2) is 0 Å². The standard InChI is InChI=1S/C14H16Br2N2S/c1-18(8-10-3-2-4-11(15)5-10)13(7-17)14-6-12(16)9-19-14/h2-6,9,13H,7-8,17H2,1H3. The summed E-state index contributed by atoms with van der Waals surface area (Å²) in [5, 5.41) is 2.10. The summed E-state index contributed by atoms with van der Waals surface area (Å²) in [5.41, 5.74) is 7.22. The second-order valence-corrected chi connectivity index (χ2v) is 7.24. The van der Waals surface area contributed by atoms with E-state index in [1.807, 2.05) is 6.07 Å². The summed E-state index contributed by atoms with van der Waals surface area (Å²) in [7, 11) is 2.12. The maximum Gasteiger partial charge on any atom is 0.0565 e. The summed E-state index contributed by atoms with van der Waals surface area (Å²) in [6.07, 6.45) is 0. The Morgan fingerprint density at radius 3 is 2.63 bits per heavy atom. The van der Waals surface area contributed by atoms with Gasteiger partial charge < -0.3 is 5.73 Å². The summed E-state index contributed by atoms with van der Waals surface area (Å²) >= 11 is 8.75. The number of rotatable bonds is 5. The van der Waals surface area contributed by atoms with Gasteiger partial charge in [-0.3, -0.25) is 4.90 Å². The number of halogens is 2. The van der Waals surface area contributed by atoms with Gasteiger partial charge in [0.15, 0.2) is 0 Å². The van der Waals surface area contributed by atoms with E-state index in [1.54, 1.807) is 11.3 Å². The molecule has 1 aromatic heterocycles. The highest BCUT2D eigenvalue weighted by molar-refractivity contribution is 9.10. The van der Waals surface area contributed by atoms with Crippen LogP contribution in [-0.4, -0.2) is 18.5 Å². The lowest BCUT2D eigenvalue weighted by molar-refractivity contribution is 0.245. The van der Waals surface area contributed by atoms with Crippen molar-refractivity contribution in [2.24, 2.45) is 5.73 Å². The topological polar surface area (TPSA) is 29.3 Å². The first-order chi connectivity index (χ1) is 9.10. The van der Waals surface area contributed by atoms with Crippen LogP contribution in [0.4, 0.5) is 0 Å². The van der Waals surface area contributed by atoms with E-state index < -0.39 is 0 Å². The fraction of sp³-hybridized carbons (Fsp3) is 0.286. The predicted octanol–water partition coefficient (Wildman–Crippen LogP) is 4.40. The van der Waals surface area contributed by atoms with Gasteiger partial charge in [-0.05, 0) is 46.7 Å². The Labute approximate surface area is 134 Å². The average Bonchev–Trinajstić information content (AvgIpc) is 2.76. The lowest BCUT2D eigenvalue weighted by Gasteiger charge is -2.26. The SMILES string of the molecule is CN(Cc1cccc(Br)c1)C(CN)c1cc(Br)cs1. The third-order valence-electron chi connectivity index (χ3n) is 2.99. The number of benzene rings is 1. The Bertz CT molecular complexity index is 542. The van der Waals surface area contributed by atoms with Crippen molar-refractivity contribution in [3.63, 3.8) is 0 Å². The number of hydrogen-bond acceptors (Lipinski definition) is 3. The Morgan fingerprint density at radius 1 is 1.26 bits per heavy atom. The second-order valence-electron chi connectivity index (χ2n) is 4.46. The monoisotopic (exact) mass is 402 g/mol. The molecule has 0 spiro atoms. The first-order valence-electron chi connectivity index (χ1n) is 5.99. The molecule has 2 nitrogen and oxygen atoms in total. The molecule has 0 saturated carbocycles. The van der Waals surface area contributed by atoms with Gasteiger partial charge in [0.25, 0.3) is 0 Å². The van der Waals surface area contributed by atoms with Gasteiger partial charge in [0.2, 0.25) is 0 Å². The third kappa shape index (κ3) is 4.13. The van der Waals surface area contributed by atoms with Gasteiger partial charge in [0, 0.05) is 32.3 Å². The first-order valence-corrected chi connectivity index (χ1v) is 8.45. The summed E-state index contributed by atoms with van der Waals surface area (Å²) in [5.74, 6) is 0. The van der Waals surface area contributed by atoms with E-state index in [-0.39, 0.29) is 6.04 Å². The summed E-state index contributed by atoms with van der Waals surface area (Å²) in [6, 6.07) is 10.8. The van der Waals surface area contributed by atoms with E-state index in [2.05, 4.69) is 73.5 Å². The van der Waals surface area contributed by atoms with Crippen LogP contribution in [-0.2, 0) is 6.54 Å². The van der Waals surface area contributed by atoms with Gasteiger partial charge in [-0.1, -0.05) is 28.1 Å². The highest BCUT2D eigenvalue weighted by Gasteiger charge is 2.17. The Morgan fingerprint density at radius 2 is 2.05 bits per heavy atom. The first kappa shape index (κ1) is 15.2. The molecule has 2 aromatic rings. The van der Waals surface area contributed by atoms with Crippen molar-refractivity contribution in [2.45, 2.75) is 12.6 Å². The molecule has 102 valence electrons. The maximum atomic E-state index is 5.94. The van der Waals surface area contributed by atoms with Gasteiger partial charge in [0.1, 0.15) is 0 Å². The Kier molecular flexibility index (Phi) is 5.59. The maximum absolute atomic E-state index is 5.94. The van der Waals surface area contributed by atoms with Crippen LogP contribution >= 0.6 is 43.2 Å². The minimum Gasteiger partial charge on any atom is -0.329 e. The fourth-order valence-electron chi connectivity index (χ4n) is 2.05. The van der Waals surface area contributed by atoms with Crippen LogP contribution in [0.2, 0.25) is 0 Å². The largest absolute Gasteiger partial charge is 0.329 e. The Balaban J connectivity index is 2.11. The number of likely N-dealkylation sites (N-methyl/N-ethyl adjacent to an activating group) is 1. The van der Waals surface area contributed by atoms with E-state index in [0.717, 1.165) is 15.5 Å². The third-order valence-corrected chi connectivity index (χ3v) is 5.28. The van der Waals surface area contributed by atoms with Crippen molar-refractivity contribution in [2.75, 3.05) is 13.6 Å². The summed E-state index contributed by atoms with van der Waals surface area (Å²) < 4.78 is 2.24. The second kappa shape index (κ2) is 6.99. The van der Waals surface area contributed by atoms with Crippen molar-refractivity contribution in [3.05, 3.63) is 55.1 Å². The summed E-state index contributed by atoms with van der Waals surface area (Å²) in [4.78, 5) is 3.59. The zero-order valence-corrected chi connectivity index (χ0v) is 14.6. The van der Waals surface area contributed by atoms with E-state index in [1.165, 1.54) is 10.4 Å². The van der Waals surface area contributed by atoms with E-state index >= 15 is 0 Å². The zero-order chi connectivity index (χ0) is 13.8. The van der Waals surface area contributed by atoms with Crippen molar-refractivity contribution >= 4 is 43.2 Å². The molecular formula is C14H16Br2N2S. The Hall–Kier alpha value is -0.200. The van der Waals surface area contributed by atoms with Crippen LogP contribution in [0.1, 0.15) is 16.5 Å². The van der Waals surface area contributed by atoms with Gasteiger partial charge in [-0.2, -0.15) is 0 Å². The molecule has 2 N–H and O–H groups in total. The van der Waals surface area contributed by atoms with Crippen LogP contribution < -0.4 is 5.73 Å². The van der Waals surface area contributed by atoms with Crippen molar-refractivity contribution < 1.29 is 0 Å². The molecule has 5 heteroatoms. The lowest BCUT2D eigenvalue weighted by atomic mass is 10.1. The van der Waals surface area contributed by atoms with E-state index in [0.29, 0.717) is 6.54 Å². The van der Waals surface area contributed by atoms with Crippen molar-refractivity contribution in [1.29, 1.82) is 0 Å². The number of nitrogens with two attached hydrogens (primary N) is 1. The normalized spacial score (nSPS) is 12.9. The quantitative estimate of drug-likeness (QED) is 0.801. The molecule has 0 bridgehead atoms. The highest BCUT2D eigenvalue weighted by Crippen LogP contribution is 2.29. The zero-order valence-electron chi connectivity index (χ0n) is 10.6. The minimum absolute atomic E-state index is 0.260. The van der Waals surface area contributed by atoms with E-state index in [4.69, 9.17) is 5.73 Å². The molecule has 1 atom stereocenters. The van der Waals surface area contributed by atoms with Crippen LogP contribution in [0, 0.1) is 0 Å². The van der Waals surface area contributed by atoms with Crippen LogP contribution in [0.15, 0.2) is 44.7 Å². The van der Waals surface area contributed by atoms with Gasteiger partial charge in [-0.15, -0.1) is 11.3 Å². The molecule has 19 heavy (non-hydrogen) atoms. The number of hydrogen-bond donors (Lipinski definition) is 1. The molecule has 0 fully saturated rings. The average molecular weight is 404 g/mol. The van der Waals surface area contributed by atoms with Crippen molar-refractivity contribution in [3.8, 4) is 0 Å². The lowest BCUT2D eigenvalue weighted by Crippen LogP contribution is -2.29. The predicted molar refractivity (Wildman–Crippen MR) is 89.4 cm³/mol. The molecule has 0 amide bonds. The summed E-state index contributed by atoms with van der Waals surface area (Å²) in [6.45, 7) is 1.51. The number of thiophene rings is 1. The van der Waals surface area contributed by atoms with Crippen molar-refractivity contribution in [1.82, 2.24) is 4.90 Å². The fourth-order valence-corrected chi connectivity index (χ4v) is 4.12. The van der Waals surface area contributed by atoms with Crippen LogP contribution in [0.3, 0.4) is 0 Å². The molecule has 0 aliphatic carbocycles. The van der Waals surface area contributed by atoms with Gasteiger partial charge >= 0.3 is 0 Å². The van der Waals surface area contributed by atoms with Crippen LogP contribution in [0.25, 0.3) is 0 Å². The molecule has 1 unspecified atom stereocenters. The smallest absolute Gasteiger partial charge is 0.0565 e. The molecule has 1 heterocycles. The minimum atomic E-state index is 0.260. The molecular weight excluding hydrogens is 388 g/mol. The molecule has 0 saturated heterocycles. The number of nitrogens with zero attached hydrogens (tertiary/aromatic N) is 1. The molecule has 0 aliphatic heterocycles. The van der Waals surface area contributed by atoms with Gasteiger partial charge in [0.05, 0.1) is 6.04 Å². The molecule has 2 rings (SSSR count). The van der Waals surface area contributed by atoms with Crippen LogP contribution in [0.5, 0.6) is 0 Å². The molecule has 0 radical (unpaired) electrons. The molecule has 0 aliphatic rings. The molecule has 1 aromatic carbocycles. The van der Waals surface area contributed by atoms with E-state index in [9.17, 15) is 0 Å². The highest BCUT2D eigenvalue weighted by atomic mass is 79.9.